The minimum absolute atomic E-state index is 0.128. The first-order valence-corrected chi connectivity index (χ1v) is 4.61. The SMILES string of the molecule is N#CC1=Cc2cc(OC(F)(F)F)ccc2OC1. The molecule has 17 heavy (non-hydrogen) atoms. The lowest BCUT2D eigenvalue weighted by Crippen LogP contribution is -2.17. The summed E-state index contributed by atoms with van der Waals surface area (Å²) in [7, 11) is 0. The van der Waals surface area contributed by atoms with Gasteiger partial charge in [0.2, 0.25) is 0 Å². The number of rotatable bonds is 1. The first-order valence-electron chi connectivity index (χ1n) is 4.61. The second kappa shape index (κ2) is 4.01. The predicted octanol–water partition coefficient (Wildman–Crippen LogP) is 2.88. The normalized spacial score (nSPS) is 14.1. The number of benzene rings is 1. The van der Waals surface area contributed by atoms with Gasteiger partial charge in [-0.25, -0.2) is 0 Å². The van der Waals surface area contributed by atoms with E-state index in [4.69, 9.17) is 10.00 Å². The highest BCUT2D eigenvalue weighted by Gasteiger charge is 2.31. The molecule has 1 aliphatic rings. The summed E-state index contributed by atoms with van der Waals surface area (Å²) in [6, 6.07) is 5.61. The van der Waals surface area contributed by atoms with Crippen molar-refractivity contribution in [3.8, 4) is 17.6 Å². The molecule has 0 fully saturated rings. The average Bonchev–Trinajstić information content (AvgIpc) is 2.26. The van der Waals surface area contributed by atoms with Crippen LogP contribution in [0.4, 0.5) is 13.2 Å². The van der Waals surface area contributed by atoms with Crippen LogP contribution in [0.5, 0.6) is 11.5 Å². The lowest BCUT2D eigenvalue weighted by molar-refractivity contribution is -0.274. The lowest BCUT2D eigenvalue weighted by Gasteiger charge is -2.16. The summed E-state index contributed by atoms with van der Waals surface area (Å²) in [6.45, 7) is 0.128. The first-order chi connectivity index (χ1) is 7.98. The van der Waals surface area contributed by atoms with Crippen LogP contribution in [0.15, 0.2) is 23.8 Å². The van der Waals surface area contributed by atoms with Gasteiger partial charge in [-0.1, -0.05) is 0 Å². The summed E-state index contributed by atoms with van der Waals surface area (Å²) in [5.74, 6) is 0.0915. The highest BCUT2D eigenvalue weighted by atomic mass is 19.4. The number of ether oxygens (including phenoxy) is 2. The van der Waals surface area contributed by atoms with Crippen molar-refractivity contribution in [2.24, 2.45) is 0 Å². The van der Waals surface area contributed by atoms with Crippen molar-refractivity contribution >= 4 is 6.08 Å². The molecule has 2 rings (SSSR count). The molecule has 1 aromatic rings. The summed E-state index contributed by atoms with van der Waals surface area (Å²) in [4.78, 5) is 0. The molecule has 0 amide bonds. The van der Waals surface area contributed by atoms with E-state index in [0.29, 0.717) is 16.9 Å². The third-order valence-corrected chi connectivity index (χ3v) is 2.07. The number of hydrogen-bond acceptors (Lipinski definition) is 3. The second-order valence-electron chi connectivity index (χ2n) is 3.32. The van der Waals surface area contributed by atoms with Crippen molar-refractivity contribution in [1.29, 1.82) is 5.26 Å². The summed E-state index contributed by atoms with van der Waals surface area (Å²) in [5, 5.41) is 8.66. The molecular formula is C11H6F3NO2. The van der Waals surface area contributed by atoms with E-state index in [0.717, 1.165) is 6.07 Å². The maximum absolute atomic E-state index is 12.0. The molecule has 1 aliphatic heterocycles. The minimum Gasteiger partial charge on any atom is -0.488 e. The Kier molecular flexibility index (Phi) is 2.68. The van der Waals surface area contributed by atoms with Crippen molar-refractivity contribution in [3.05, 3.63) is 29.3 Å². The zero-order valence-corrected chi connectivity index (χ0v) is 8.41. The number of fused-ring (bicyclic) bond motifs is 1. The van der Waals surface area contributed by atoms with E-state index in [9.17, 15) is 13.2 Å². The fraction of sp³-hybridized carbons (Fsp3) is 0.182. The van der Waals surface area contributed by atoms with Gasteiger partial charge in [-0.15, -0.1) is 13.2 Å². The van der Waals surface area contributed by atoms with Crippen LogP contribution in [-0.2, 0) is 0 Å². The number of alkyl halides is 3. The van der Waals surface area contributed by atoms with Gasteiger partial charge in [0.25, 0.3) is 0 Å². The van der Waals surface area contributed by atoms with Crippen molar-refractivity contribution in [3.63, 3.8) is 0 Å². The van der Waals surface area contributed by atoms with Crippen molar-refractivity contribution in [2.75, 3.05) is 6.61 Å². The van der Waals surface area contributed by atoms with Crippen molar-refractivity contribution in [2.45, 2.75) is 6.36 Å². The van der Waals surface area contributed by atoms with Crippen LogP contribution in [0, 0.1) is 11.3 Å². The van der Waals surface area contributed by atoms with Crippen LogP contribution in [0.3, 0.4) is 0 Å². The Hall–Kier alpha value is -2.16. The van der Waals surface area contributed by atoms with Gasteiger partial charge < -0.3 is 9.47 Å². The molecule has 0 N–H and O–H groups in total. The predicted molar refractivity (Wildman–Crippen MR) is 52.2 cm³/mol. The molecule has 0 unspecified atom stereocenters. The van der Waals surface area contributed by atoms with E-state index in [1.807, 2.05) is 6.07 Å². The maximum Gasteiger partial charge on any atom is 0.573 e. The van der Waals surface area contributed by atoms with Gasteiger partial charge in [0.05, 0.1) is 11.6 Å². The molecule has 0 atom stereocenters. The molecule has 88 valence electrons. The summed E-state index contributed by atoms with van der Waals surface area (Å²) >= 11 is 0. The van der Waals surface area contributed by atoms with Gasteiger partial charge >= 0.3 is 6.36 Å². The molecule has 0 bridgehead atoms. The van der Waals surface area contributed by atoms with E-state index < -0.39 is 6.36 Å². The van der Waals surface area contributed by atoms with Gasteiger partial charge in [-0.2, -0.15) is 5.26 Å². The molecule has 6 heteroatoms. The Morgan fingerprint density at radius 3 is 2.76 bits per heavy atom. The van der Waals surface area contributed by atoms with Crippen molar-refractivity contribution in [1.82, 2.24) is 0 Å². The van der Waals surface area contributed by atoms with E-state index >= 15 is 0 Å². The van der Waals surface area contributed by atoms with Gasteiger partial charge in [0.15, 0.2) is 0 Å². The number of halogens is 3. The van der Waals surface area contributed by atoms with E-state index in [2.05, 4.69) is 4.74 Å². The van der Waals surface area contributed by atoms with Crippen molar-refractivity contribution < 1.29 is 22.6 Å². The molecule has 0 saturated carbocycles. The van der Waals surface area contributed by atoms with Gasteiger partial charge in [-0.3, -0.25) is 0 Å². The van der Waals surface area contributed by atoms with Crippen LogP contribution < -0.4 is 9.47 Å². The molecule has 0 aromatic heterocycles. The smallest absolute Gasteiger partial charge is 0.488 e. The van der Waals surface area contributed by atoms with Gasteiger partial charge in [-0.05, 0) is 24.3 Å². The first kappa shape index (κ1) is 11.3. The molecule has 1 aromatic carbocycles. The lowest BCUT2D eigenvalue weighted by atomic mass is 10.1. The quantitative estimate of drug-likeness (QED) is 0.759. The Morgan fingerprint density at radius 1 is 1.35 bits per heavy atom. The topological polar surface area (TPSA) is 42.2 Å². The van der Waals surface area contributed by atoms with E-state index in [-0.39, 0.29) is 12.4 Å². The molecule has 3 nitrogen and oxygen atoms in total. The zero-order valence-electron chi connectivity index (χ0n) is 8.41. The monoisotopic (exact) mass is 241 g/mol. The zero-order chi connectivity index (χ0) is 12.5. The Labute approximate surface area is 94.7 Å². The summed E-state index contributed by atoms with van der Waals surface area (Å²) < 4.78 is 44.9. The van der Waals surface area contributed by atoms with E-state index in [1.165, 1.54) is 18.2 Å². The van der Waals surface area contributed by atoms with Crippen LogP contribution >= 0.6 is 0 Å². The third-order valence-electron chi connectivity index (χ3n) is 2.07. The van der Waals surface area contributed by atoms with Crippen LogP contribution in [-0.4, -0.2) is 13.0 Å². The molecule has 1 heterocycles. The number of nitrogens with zero attached hydrogens (tertiary/aromatic N) is 1. The van der Waals surface area contributed by atoms with Crippen LogP contribution in [0.25, 0.3) is 6.08 Å². The second-order valence-corrected chi connectivity index (χ2v) is 3.32. The third kappa shape index (κ3) is 2.69. The maximum atomic E-state index is 12.0. The molecule has 0 saturated heterocycles. The Morgan fingerprint density at radius 2 is 2.12 bits per heavy atom. The van der Waals surface area contributed by atoms with Crippen LogP contribution in [0.1, 0.15) is 5.56 Å². The van der Waals surface area contributed by atoms with Gasteiger partial charge in [0.1, 0.15) is 18.1 Å². The Bertz CT molecular complexity index is 514. The van der Waals surface area contributed by atoms with Crippen LogP contribution in [0.2, 0.25) is 0 Å². The fourth-order valence-corrected chi connectivity index (χ4v) is 1.42. The fourth-order valence-electron chi connectivity index (χ4n) is 1.42. The molecule has 0 spiro atoms. The highest BCUT2D eigenvalue weighted by molar-refractivity contribution is 5.66. The van der Waals surface area contributed by atoms with Gasteiger partial charge in [0, 0.05) is 5.56 Å². The average molecular weight is 241 g/mol. The summed E-state index contributed by atoms with van der Waals surface area (Å²) in [5.41, 5.74) is 0.746. The minimum atomic E-state index is -4.73. The summed E-state index contributed by atoms with van der Waals surface area (Å²) in [6.07, 6.45) is -3.26. The standard InChI is InChI=1S/C11H6F3NO2/c12-11(13,14)17-9-1-2-10-8(4-9)3-7(5-15)6-16-10/h1-4H,6H2. The largest absolute Gasteiger partial charge is 0.573 e. The molecule has 0 aliphatic carbocycles. The molecule has 0 radical (unpaired) electrons. The van der Waals surface area contributed by atoms with E-state index in [1.54, 1.807) is 0 Å². The molecular weight excluding hydrogens is 235 g/mol. The number of nitriles is 1. The highest BCUT2D eigenvalue weighted by Crippen LogP contribution is 2.32. The number of hydrogen-bond donors (Lipinski definition) is 0. The Balaban J connectivity index is 2.32.